The van der Waals surface area contributed by atoms with Crippen LogP contribution < -0.4 is 19.6 Å². The van der Waals surface area contributed by atoms with Crippen LogP contribution in [-0.2, 0) is 6.42 Å². The topological polar surface area (TPSA) is 13.0 Å². The third kappa shape index (κ3) is 10.2. The van der Waals surface area contributed by atoms with E-state index < -0.39 is 0 Å². The molecule has 0 fully saturated rings. The van der Waals surface area contributed by atoms with Gasteiger partial charge in [-0.25, -0.2) is 0 Å². The molecule has 0 saturated heterocycles. The molecule has 0 aliphatic rings. The first-order valence-corrected chi connectivity index (χ1v) is 23.1. The molecule has 0 atom stereocenters. The SMILES string of the molecule is CC.c1ccc(N(c2ccccc2)c2cc(Cc3cc(N(c4ccccc4)c4ccccc4)cc(N(c4ccccc4)c4ccccc4)c3)cc(N(c3ccccc3)c3ccccc3)c2)cc1. The number of anilines is 12. The minimum Gasteiger partial charge on any atom is -0.310 e. The first kappa shape index (κ1) is 43.6. The van der Waals surface area contributed by atoms with E-state index in [2.05, 4.69) is 299 Å². The zero-order valence-corrected chi connectivity index (χ0v) is 38.1. The summed E-state index contributed by atoms with van der Waals surface area (Å²) in [6.07, 6.45) is 0.658. The van der Waals surface area contributed by atoms with Crippen LogP contribution in [0.5, 0.6) is 0 Å². The van der Waals surface area contributed by atoms with E-state index in [1.807, 2.05) is 13.8 Å². The van der Waals surface area contributed by atoms with Crippen molar-refractivity contribution in [3.8, 4) is 0 Å². The smallest absolute Gasteiger partial charge is 0.0485 e. The molecule has 67 heavy (non-hydrogen) atoms. The lowest BCUT2D eigenvalue weighted by atomic mass is 9.99. The zero-order chi connectivity index (χ0) is 45.6. The highest BCUT2D eigenvalue weighted by Crippen LogP contribution is 2.44. The fourth-order valence-electron chi connectivity index (χ4n) is 8.67. The summed E-state index contributed by atoms with van der Waals surface area (Å²) in [5.74, 6) is 0. The van der Waals surface area contributed by atoms with Crippen LogP contribution in [0.4, 0.5) is 68.2 Å². The molecule has 0 N–H and O–H groups in total. The average molecular weight is 867 g/mol. The van der Waals surface area contributed by atoms with Crippen molar-refractivity contribution in [1.29, 1.82) is 0 Å². The molecule has 0 amide bonds. The van der Waals surface area contributed by atoms with Crippen LogP contribution in [-0.4, -0.2) is 0 Å². The van der Waals surface area contributed by atoms with Gasteiger partial charge in [0, 0.05) is 68.2 Å². The lowest BCUT2D eigenvalue weighted by molar-refractivity contribution is 1.15. The van der Waals surface area contributed by atoms with Crippen LogP contribution in [0.3, 0.4) is 0 Å². The van der Waals surface area contributed by atoms with Gasteiger partial charge < -0.3 is 19.6 Å². The van der Waals surface area contributed by atoms with E-state index in [1.54, 1.807) is 0 Å². The van der Waals surface area contributed by atoms with Crippen molar-refractivity contribution in [2.45, 2.75) is 20.3 Å². The Morgan fingerprint density at radius 1 is 0.194 bits per heavy atom. The third-order valence-electron chi connectivity index (χ3n) is 11.5. The standard InChI is InChI=1S/C61H48N4.C2H6/c1-9-25-50(26-10-1)62(51-27-11-2-12-28-51)58-42-48(43-59(46-58)63(52-29-13-3-14-30-52)53-31-15-4-16-32-53)41-49-44-60(64(54-33-17-5-18-34-54)55-35-19-6-20-36-55)47-61(45-49)65(56-37-21-7-22-38-56)57-39-23-8-24-40-57;1-2/h1-40,42-47H,41H2;1-2H3. The summed E-state index contributed by atoms with van der Waals surface area (Å²) in [6, 6.07) is 99.5. The number of rotatable bonds is 14. The predicted octanol–water partition coefficient (Wildman–Crippen LogP) is 18.2. The van der Waals surface area contributed by atoms with Gasteiger partial charge in [-0.2, -0.15) is 0 Å². The maximum absolute atomic E-state index is 2.36. The largest absolute Gasteiger partial charge is 0.310 e. The highest BCUT2D eigenvalue weighted by atomic mass is 15.2. The molecule has 0 aromatic heterocycles. The summed E-state index contributed by atoms with van der Waals surface area (Å²) < 4.78 is 0. The number of hydrogen-bond donors (Lipinski definition) is 0. The zero-order valence-electron chi connectivity index (χ0n) is 38.1. The van der Waals surface area contributed by atoms with Gasteiger partial charge in [-0.15, -0.1) is 0 Å². The summed E-state index contributed by atoms with van der Waals surface area (Å²) in [4.78, 5) is 9.45. The van der Waals surface area contributed by atoms with E-state index in [9.17, 15) is 0 Å². The van der Waals surface area contributed by atoms with E-state index in [0.29, 0.717) is 6.42 Å². The van der Waals surface area contributed by atoms with Crippen LogP contribution in [0, 0.1) is 0 Å². The third-order valence-corrected chi connectivity index (χ3v) is 11.5. The van der Waals surface area contributed by atoms with Gasteiger partial charge in [-0.1, -0.05) is 159 Å². The average Bonchev–Trinajstić information content (AvgIpc) is 3.40. The van der Waals surface area contributed by atoms with Crippen LogP contribution in [0.2, 0.25) is 0 Å². The Balaban J connectivity index is 0.00000278. The van der Waals surface area contributed by atoms with Crippen LogP contribution in [0.25, 0.3) is 0 Å². The molecule has 0 bridgehead atoms. The Bertz CT molecular complexity index is 2470. The number of benzene rings is 10. The summed E-state index contributed by atoms with van der Waals surface area (Å²) in [5, 5.41) is 0. The van der Waals surface area contributed by atoms with Crippen molar-refractivity contribution >= 4 is 68.2 Å². The van der Waals surface area contributed by atoms with E-state index in [4.69, 9.17) is 0 Å². The molecule has 0 aliphatic carbocycles. The van der Waals surface area contributed by atoms with Crippen LogP contribution >= 0.6 is 0 Å². The minimum atomic E-state index is 0.658. The molecule has 10 aromatic rings. The highest BCUT2D eigenvalue weighted by molar-refractivity contribution is 5.86. The van der Waals surface area contributed by atoms with E-state index in [1.165, 1.54) is 11.1 Å². The molecular weight excluding hydrogens is 813 g/mol. The number of hydrogen-bond acceptors (Lipinski definition) is 4. The van der Waals surface area contributed by atoms with Crippen molar-refractivity contribution in [2.75, 3.05) is 19.6 Å². The maximum atomic E-state index is 2.36. The second-order valence-electron chi connectivity index (χ2n) is 15.9. The molecule has 10 rings (SSSR count). The lowest BCUT2D eigenvalue weighted by Gasteiger charge is -2.31. The molecule has 10 aromatic carbocycles. The minimum absolute atomic E-state index is 0.658. The fourth-order valence-corrected chi connectivity index (χ4v) is 8.67. The Kier molecular flexibility index (Phi) is 13.9. The monoisotopic (exact) mass is 866 g/mol. The van der Waals surface area contributed by atoms with Gasteiger partial charge in [-0.05, 0) is 151 Å². The van der Waals surface area contributed by atoms with Gasteiger partial charge in [0.2, 0.25) is 0 Å². The summed E-state index contributed by atoms with van der Waals surface area (Å²) in [6.45, 7) is 4.00. The normalized spacial score (nSPS) is 10.6. The molecule has 0 unspecified atom stereocenters. The molecular formula is C63H54N4. The fraction of sp³-hybridized carbons (Fsp3) is 0.0476. The Morgan fingerprint density at radius 2 is 0.343 bits per heavy atom. The van der Waals surface area contributed by atoms with Gasteiger partial charge in [-0.3, -0.25) is 0 Å². The van der Waals surface area contributed by atoms with Crippen LogP contribution in [0.15, 0.2) is 279 Å². The number of nitrogens with zero attached hydrogens (tertiary/aromatic N) is 4. The lowest BCUT2D eigenvalue weighted by Crippen LogP contribution is -2.15. The molecule has 0 aliphatic heterocycles. The highest BCUT2D eigenvalue weighted by Gasteiger charge is 2.22. The summed E-state index contributed by atoms with van der Waals surface area (Å²) in [7, 11) is 0. The Hall–Kier alpha value is -8.60. The number of para-hydroxylation sites is 8. The Labute approximate surface area is 396 Å². The molecule has 4 nitrogen and oxygen atoms in total. The van der Waals surface area contributed by atoms with E-state index in [0.717, 1.165) is 68.2 Å². The maximum Gasteiger partial charge on any atom is 0.0485 e. The second kappa shape index (κ2) is 21.4. The van der Waals surface area contributed by atoms with Crippen molar-refractivity contribution in [1.82, 2.24) is 0 Å². The summed E-state index contributed by atoms with van der Waals surface area (Å²) in [5.41, 5.74) is 15.3. The van der Waals surface area contributed by atoms with Crippen LogP contribution in [0.1, 0.15) is 25.0 Å². The molecule has 0 radical (unpaired) electrons. The second-order valence-corrected chi connectivity index (χ2v) is 15.9. The van der Waals surface area contributed by atoms with Crippen molar-refractivity contribution in [3.05, 3.63) is 290 Å². The van der Waals surface area contributed by atoms with Crippen molar-refractivity contribution in [3.63, 3.8) is 0 Å². The summed E-state index contributed by atoms with van der Waals surface area (Å²) >= 11 is 0. The van der Waals surface area contributed by atoms with Gasteiger partial charge >= 0.3 is 0 Å². The molecule has 0 saturated carbocycles. The van der Waals surface area contributed by atoms with Gasteiger partial charge in [0.25, 0.3) is 0 Å². The molecule has 0 spiro atoms. The van der Waals surface area contributed by atoms with Crippen molar-refractivity contribution in [2.24, 2.45) is 0 Å². The van der Waals surface area contributed by atoms with Gasteiger partial charge in [0.1, 0.15) is 0 Å². The predicted molar refractivity (Wildman–Crippen MR) is 286 cm³/mol. The molecule has 326 valence electrons. The van der Waals surface area contributed by atoms with E-state index in [-0.39, 0.29) is 0 Å². The first-order chi connectivity index (χ1) is 33.2. The van der Waals surface area contributed by atoms with Crippen molar-refractivity contribution < 1.29 is 0 Å². The first-order valence-electron chi connectivity index (χ1n) is 23.1. The van der Waals surface area contributed by atoms with Gasteiger partial charge in [0.15, 0.2) is 0 Å². The molecule has 4 heteroatoms. The van der Waals surface area contributed by atoms with E-state index >= 15 is 0 Å². The molecule has 0 heterocycles. The Morgan fingerprint density at radius 3 is 0.493 bits per heavy atom. The van der Waals surface area contributed by atoms with Gasteiger partial charge in [0.05, 0.1) is 0 Å². The quantitative estimate of drug-likeness (QED) is 0.108.